The quantitative estimate of drug-likeness (QED) is 0.738. The van der Waals surface area contributed by atoms with Crippen LogP contribution in [0.1, 0.15) is 30.4 Å². The van der Waals surface area contributed by atoms with E-state index in [-0.39, 0.29) is 11.2 Å². The Morgan fingerprint density at radius 3 is 2.94 bits per heavy atom. The van der Waals surface area contributed by atoms with E-state index in [0.717, 1.165) is 19.3 Å². The molecule has 0 amide bonds. The molecule has 2 heteroatoms. The number of rotatable bonds is 0. The van der Waals surface area contributed by atoms with Crippen LogP contribution in [0.15, 0.2) is 36.4 Å². The van der Waals surface area contributed by atoms with Crippen LogP contribution in [0.5, 0.6) is 0 Å². The number of hydrogen-bond acceptors (Lipinski definition) is 2. The fourth-order valence-electron chi connectivity index (χ4n) is 3.20. The van der Waals surface area contributed by atoms with Crippen molar-refractivity contribution in [2.75, 3.05) is 0 Å². The van der Waals surface area contributed by atoms with Gasteiger partial charge in [0.25, 0.3) is 0 Å². The van der Waals surface area contributed by atoms with Crippen LogP contribution in [0.4, 0.5) is 0 Å². The van der Waals surface area contributed by atoms with Gasteiger partial charge in [-0.15, -0.1) is 0 Å². The van der Waals surface area contributed by atoms with Gasteiger partial charge in [-0.25, -0.2) is 0 Å². The van der Waals surface area contributed by atoms with Crippen LogP contribution in [-0.4, -0.2) is 17.0 Å². The van der Waals surface area contributed by atoms with Crippen LogP contribution < -0.4 is 0 Å². The number of benzene rings is 1. The third-order valence-corrected chi connectivity index (χ3v) is 4.08. The smallest absolute Gasteiger partial charge is 0.183 e. The molecule has 2 aliphatic carbocycles. The van der Waals surface area contributed by atoms with Crippen LogP contribution >= 0.6 is 0 Å². The molecule has 17 heavy (non-hydrogen) atoms. The molecule has 0 aliphatic heterocycles. The van der Waals surface area contributed by atoms with Crippen molar-refractivity contribution in [2.24, 2.45) is 0 Å². The molecule has 2 aliphatic rings. The van der Waals surface area contributed by atoms with Gasteiger partial charge in [0, 0.05) is 5.41 Å². The molecule has 0 fully saturated rings. The normalized spacial score (nSPS) is 31.6. The zero-order chi connectivity index (χ0) is 11.9. The summed E-state index contributed by atoms with van der Waals surface area (Å²) in [5.41, 5.74) is 2.56. The lowest BCUT2D eigenvalue weighted by Crippen LogP contribution is -2.39. The van der Waals surface area contributed by atoms with Gasteiger partial charge in [0.1, 0.15) is 6.10 Å². The first-order valence-corrected chi connectivity index (χ1v) is 6.21. The minimum absolute atomic E-state index is 0.109. The maximum atomic E-state index is 11.4. The molecule has 2 atom stereocenters. The molecular weight excluding hydrogens is 212 g/mol. The fraction of sp³-hybridized carbons (Fsp3) is 0.400. The van der Waals surface area contributed by atoms with Gasteiger partial charge in [0.2, 0.25) is 0 Å². The molecule has 1 aromatic rings. The van der Waals surface area contributed by atoms with E-state index in [1.54, 1.807) is 6.08 Å². The van der Waals surface area contributed by atoms with Gasteiger partial charge in [-0.05, 0) is 42.9 Å². The SMILES string of the molecule is O=C1C=C[C@]2(CCCc3ccccc32)CC1O. The molecule has 3 rings (SSSR count). The van der Waals surface area contributed by atoms with E-state index in [1.807, 2.05) is 12.1 Å². The number of aliphatic hydroxyl groups is 1. The van der Waals surface area contributed by atoms with Crippen molar-refractivity contribution in [1.82, 2.24) is 0 Å². The van der Waals surface area contributed by atoms with Crippen LogP contribution in [-0.2, 0) is 16.6 Å². The van der Waals surface area contributed by atoms with Crippen LogP contribution in [0, 0.1) is 0 Å². The lowest BCUT2D eigenvalue weighted by molar-refractivity contribution is -0.123. The van der Waals surface area contributed by atoms with E-state index in [4.69, 9.17) is 0 Å². The highest BCUT2D eigenvalue weighted by Crippen LogP contribution is 2.43. The van der Waals surface area contributed by atoms with Crippen LogP contribution in [0.25, 0.3) is 0 Å². The molecule has 0 saturated carbocycles. The highest BCUT2D eigenvalue weighted by atomic mass is 16.3. The van der Waals surface area contributed by atoms with E-state index >= 15 is 0 Å². The fourth-order valence-corrected chi connectivity index (χ4v) is 3.20. The molecule has 2 nitrogen and oxygen atoms in total. The zero-order valence-electron chi connectivity index (χ0n) is 9.73. The Balaban J connectivity index is 2.11. The number of ketones is 1. The number of fused-ring (bicyclic) bond motifs is 2. The Morgan fingerprint density at radius 2 is 2.12 bits per heavy atom. The summed E-state index contributed by atoms with van der Waals surface area (Å²) in [5.74, 6) is -0.154. The van der Waals surface area contributed by atoms with Crippen LogP contribution in [0.3, 0.4) is 0 Å². The number of aryl methyl sites for hydroxylation is 1. The Labute approximate surface area is 101 Å². The number of hydrogen-bond donors (Lipinski definition) is 1. The van der Waals surface area contributed by atoms with Gasteiger partial charge < -0.3 is 5.11 Å². The minimum atomic E-state index is -0.828. The average molecular weight is 228 g/mol. The molecule has 1 unspecified atom stereocenters. The number of carbonyl (C=O) groups excluding carboxylic acids is 1. The first kappa shape index (κ1) is 10.7. The molecule has 1 spiro atoms. The second kappa shape index (κ2) is 3.81. The van der Waals surface area contributed by atoms with E-state index in [9.17, 15) is 9.90 Å². The number of carbonyl (C=O) groups is 1. The van der Waals surface area contributed by atoms with E-state index in [2.05, 4.69) is 18.2 Å². The second-order valence-electron chi connectivity index (χ2n) is 5.12. The second-order valence-corrected chi connectivity index (χ2v) is 5.12. The summed E-state index contributed by atoms with van der Waals surface area (Å²) in [7, 11) is 0. The molecule has 1 aromatic carbocycles. The van der Waals surface area contributed by atoms with Gasteiger partial charge in [-0.1, -0.05) is 30.3 Å². The van der Waals surface area contributed by atoms with Crippen molar-refractivity contribution in [3.8, 4) is 0 Å². The summed E-state index contributed by atoms with van der Waals surface area (Å²) in [6.45, 7) is 0. The minimum Gasteiger partial charge on any atom is -0.385 e. The third kappa shape index (κ3) is 1.64. The lowest BCUT2D eigenvalue weighted by Gasteiger charge is -2.40. The standard InChI is InChI=1S/C15H16O2/c16-13-7-9-15(10-14(13)17)8-3-5-11-4-1-2-6-12(11)15/h1-2,4,6-7,9,14,17H,3,5,8,10H2/t14?,15-/m1/s1. The maximum Gasteiger partial charge on any atom is 0.183 e. The summed E-state index contributed by atoms with van der Waals surface area (Å²) in [4.78, 5) is 11.4. The Morgan fingerprint density at radius 1 is 1.29 bits per heavy atom. The summed E-state index contributed by atoms with van der Waals surface area (Å²) >= 11 is 0. The van der Waals surface area contributed by atoms with Gasteiger partial charge in [0.05, 0.1) is 0 Å². The molecule has 88 valence electrons. The zero-order valence-corrected chi connectivity index (χ0v) is 9.73. The first-order valence-electron chi connectivity index (χ1n) is 6.21. The highest BCUT2D eigenvalue weighted by molar-refractivity contribution is 5.94. The molecule has 0 radical (unpaired) electrons. The predicted octanol–water partition coefficient (Wildman–Crippen LogP) is 2.15. The lowest BCUT2D eigenvalue weighted by atomic mass is 9.65. The summed E-state index contributed by atoms with van der Waals surface area (Å²) in [6.07, 6.45) is 6.56. The van der Waals surface area contributed by atoms with Crippen molar-refractivity contribution in [2.45, 2.75) is 37.2 Å². The number of aliphatic hydroxyl groups excluding tert-OH is 1. The maximum absolute atomic E-state index is 11.4. The molecular formula is C15H16O2. The topological polar surface area (TPSA) is 37.3 Å². The van der Waals surface area contributed by atoms with Crippen molar-refractivity contribution < 1.29 is 9.90 Å². The van der Waals surface area contributed by atoms with Gasteiger partial charge in [-0.2, -0.15) is 0 Å². The Kier molecular flexibility index (Phi) is 2.40. The van der Waals surface area contributed by atoms with E-state index < -0.39 is 6.10 Å². The molecule has 0 bridgehead atoms. The summed E-state index contributed by atoms with van der Waals surface area (Å²) < 4.78 is 0. The van der Waals surface area contributed by atoms with Crippen LogP contribution in [0.2, 0.25) is 0 Å². The van der Waals surface area contributed by atoms with Gasteiger partial charge >= 0.3 is 0 Å². The molecule has 0 aromatic heterocycles. The van der Waals surface area contributed by atoms with E-state index in [1.165, 1.54) is 11.1 Å². The molecule has 1 N–H and O–H groups in total. The third-order valence-electron chi connectivity index (χ3n) is 4.08. The Hall–Kier alpha value is -1.41. The first-order chi connectivity index (χ1) is 8.21. The van der Waals surface area contributed by atoms with Crippen molar-refractivity contribution in [3.63, 3.8) is 0 Å². The largest absolute Gasteiger partial charge is 0.385 e. The number of allylic oxidation sites excluding steroid dienone is 1. The van der Waals surface area contributed by atoms with Gasteiger partial charge in [0.15, 0.2) is 5.78 Å². The van der Waals surface area contributed by atoms with E-state index in [0.29, 0.717) is 6.42 Å². The summed E-state index contributed by atoms with van der Waals surface area (Å²) in [6, 6.07) is 8.41. The van der Waals surface area contributed by atoms with Crippen molar-refractivity contribution >= 4 is 5.78 Å². The average Bonchev–Trinajstić information content (AvgIpc) is 2.35. The van der Waals surface area contributed by atoms with Crippen molar-refractivity contribution in [1.29, 1.82) is 0 Å². The summed E-state index contributed by atoms with van der Waals surface area (Å²) in [5, 5.41) is 9.82. The van der Waals surface area contributed by atoms with Crippen molar-refractivity contribution in [3.05, 3.63) is 47.5 Å². The molecule has 0 heterocycles. The monoisotopic (exact) mass is 228 g/mol. The van der Waals surface area contributed by atoms with Gasteiger partial charge in [-0.3, -0.25) is 4.79 Å². The Bertz CT molecular complexity index is 489. The molecule has 0 saturated heterocycles. The predicted molar refractivity (Wildman–Crippen MR) is 65.8 cm³/mol. The highest BCUT2D eigenvalue weighted by Gasteiger charge is 2.39.